The fourth-order valence-electron chi connectivity index (χ4n) is 1.95. The molecule has 5 nitrogen and oxygen atoms in total. The van der Waals surface area contributed by atoms with Crippen LogP contribution < -0.4 is 10.6 Å². The molecule has 3 rings (SSSR count). The molecule has 0 aliphatic carbocycles. The number of hydrogen-bond donors (Lipinski definition) is 2. The Kier molecular flexibility index (Phi) is 4.12. The van der Waals surface area contributed by atoms with Gasteiger partial charge in [-0.1, -0.05) is 13.0 Å². The van der Waals surface area contributed by atoms with Crippen molar-refractivity contribution in [2.45, 2.75) is 19.9 Å². The van der Waals surface area contributed by atoms with E-state index < -0.39 is 0 Å². The Morgan fingerprint density at radius 1 is 1.19 bits per heavy atom. The van der Waals surface area contributed by atoms with Gasteiger partial charge in [-0.05, 0) is 30.7 Å². The van der Waals surface area contributed by atoms with Crippen LogP contribution in [-0.2, 0) is 13.0 Å². The van der Waals surface area contributed by atoms with Crippen LogP contribution in [-0.4, -0.2) is 14.8 Å². The van der Waals surface area contributed by atoms with Crippen LogP contribution in [0.15, 0.2) is 30.3 Å². The molecule has 0 saturated heterocycles. The predicted molar refractivity (Wildman–Crippen MR) is 87.0 cm³/mol. The van der Waals surface area contributed by atoms with Crippen LogP contribution in [0.4, 0.5) is 10.5 Å². The summed E-state index contributed by atoms with van der Waals surface area (Å²) in [7, 11) is 0. The lowest BCUT2D eigenvalue weighted by Crippen LogP contribution is -2.27. The van der Waals surface area contributed by atoms with Gasteiger partial charge in [0.15, 0.2) is 0 Å². The van der Waals surface area contributed by atoms with Gasteiger partial charge in [0.1, 0.15) is 11.0 Å². The highest BCUT2D eigenvalue weighted by atomic mass is 32.1. The van der Waals surface area contributed by atoms with E-state index in [1.54, 1.807) is 11.3 Å². The number of aromatic nitrogens is 2. The molecule has 2 heterocycles. The quantitative estimate of drug-likeness (QED) is 0.772. The van der Waals surface area contributed by atoms with E-state index in [0.717, 1.165) is 34.1 Å². The molecule has 0 unspecified atom stereocenters. The molecular weight excluding hydrogens is 304 g/mol. The standard InChI is InChI=1S/C14H14N4OS2/c1-2-9-6-7-10(20-9)8-15-14(19)16-11-4-3-5-12-13(11)18-21-17-12/h3-7H,2,8H2,1H3,(H2,15,16,19). The number of carbonyl (C=O) groups excluding carboxylic acids is 1. The van der Waals surface area contributed by atoms with E-state index in [4.69, 9.17) is 0 Å². The average Bonchev–Trinajstić information content (AvgIpc) is 3.14. The summed E-state index contributed by atoms with van der Waals surface area (Å²) in [5, 5.41) is 5.68. The third kappa shape index (κ3) is 3.20. The van der Waals surface area contributed by atoms with Crippen LogP contribution in [0.3, 0.4) is 0 Å². The smallest absolute Gasteiger partial charge is 0.319 e. The summed E-state index contributed by atoms with van der Waals surface area (Å²) in [6, 6.07) is 9.47. The number of nitrogens with zero attached hydrogens (tertiary/aromatic N) is 2. The first kappa shape index (κ1) is 14.0. The van der Waals surface area contributed by atoms with E-state index in [2.05, 4.69) is 38.4 Å². The SMILES string of the molecule is CCc1ccc(CNC(=O)Nc2cccc3nsnc23)s1. The van der Waals surface area contributed by atoms with Gasteiger partial charge in [0.25, 0.3) is 0 Å². The number of amides is 2. The maximum absolute atomic E-state index is 12.0. The summed E-state index contributed by atoms with van der Waals surface area (Å²) in [6.45, 7) is 2.65. The fourth-order valence-corrected chi connectivity index (χ4v) is 3.40. The van der Waals surface area contributed by atoms with Crippen molar-refractivity contribution in [3.8, 4) is 0 Å². The highest BCUT2D eigenvalue weighted by Gasteiger charge is 2.08. The van der Waals surface area contributed by atoms with Crippen molar-refractivity contribution in [2.75, 3.05) is 5.32 Å². The zero-order chi connectivity index (χ0) is 14.7. The molecule has 108 valence electrons. The van der Waals surface area contributed by atoms with Gasteiger partial charge in [-0.25, -0.2) is 4.79 Å². The van der Waals surface area contributed by atoms with Gasteiger partial charge >= 0.3 is 6.03 Å². The lowest BCUT2D eigenvalue weighted by atomic mass is 10.2. The Morgan fingerprint density at radius 3 is 2.86 bits per heavy atom. The van der Waals surface area contributed by atoms with E-state index in [1.807, 2.05) is 18.2 Å². The van der Waals surface area contributed by atoms with Crippen molar-refractivity contribution < 1.29 is 4.79 Å². The number of anilines is 1. The molecule has 7 heteroatoms. The first-order chi connectivity index (χ1) is 10.3. The predicted octanol–water partition coefficient (Wildman–Crippen LogP) is 3.64. The molecule has 0 aliphatic heterocycles. The van der Waals surface area contributed by atoms with Crippen molar-refractivity contribution >= 4 is 45.8 Å². The molecule has 0 atom stereocenters. The Labute approximate surface area is 130 Å². The Morgan fingerprint density at radius 2 is 2.05 bits per heavy atom. The fraction of sp³-hybridized carbons (Fsp3) is 0.214. The second-order valence-corrected chi connectivity index (χ2v) is 6.25. The van der Waals surface area contributed by atoms with Crippen molar-refractivity contribution in [1.29, 1.82) is 0 Å². The second-order valence-electron chi connectivity index (χ2n) is 4.47. The Balaban J connectivity index is 1.62. The van der Waals surface area contributed by atoms with Crippen LogP contribution in [0, 0.1) is 0 Å². The Hall–Kier alpha value is -1.99. The molecule has 2 amide bonds. The number of benzene rings is 1. The molecule has 0 spiro atoms. The number of hydrogen-bond acceptors (Lipinski definition) is 5. The van der Waals surface area contributed by atoms with Gasteiger partial charge in [-0.3, -0.25) is 0 Å². The summed E-state index contributed by atoms with van der Waals surface area (Å²) in [5.41, 5.74) is 2.20. The highest BCUT2D eigenvalue weighted by molar-refractivity contribution is 7.11. The van der Waals surface area contributed by atoms with Crippen LogP contribution in [0.1, 0.15) is 16.7 Å². The van der Waals surface area contributed by atoms with E-state index >= 15 is 0 Å². The average molecular weight is 318 g/mol. The maximum Gasteiger partial charge on any atom is 0.319 e. The summed E-state index contributed by atoms with van der Waals surface area (Å²) in [4.78, 5) is 14.4. The summed E-state index contributed by atoms with van der Waals surface area (Å²) < 4.78 is 8.35. The van der Waals surface area contributed by atoms with Crippen molar-refractivity contribution in [1.82, 2.24) is 14.1 Å². The van der Waals surface area contributed by atoms with E-state index in [-0.39, 0.29) is 6.03 Å². The molecule has 3 aromatic rings. The molecule has 1 aromatic carbocycles. The first-order valence-electron chi connectivity index (χ1n) is 6.60. The molecule has 2 aromatic heterocycles. The van der Waals surface area contributed by atoms with Gasteiger partial charge in [0.2, 0.25) is 0 Å². The zero-order valence-corrected chi connectivity index (χ0v) is 13.1. The van der Waals surface area contributed by atoms with Crippen LogP contribution in [0.2, 0.25) is 0 Å². The number of nitrogens with one attached hydrogen (secondary N) is 2. The zero-order valence-electron chi connectivity index (χ0n) is 11.4. The van der Waals surface area contributed by atoms with Gasteiger partial charge in [0, 0.05) is 9.75 Å². The summed E-state index contributed by atoms with van der Waals surface area (Å²) in [5.74, 6) is 0. The van der Waals surface area contributed by atoms with E-state index in [0.29, 0.717) is 12.2 Å². The van der Waals surface area contributed by atoms with E-state index in [9.17, 15) is 4.79 Å². The topological polar surface area (TPSA) is 66.9 Å². The highest BCUT2D eigenvalue weighted by Crippen LogP contribution is 2.21. The number of carbonyl (C=O) groups is 1. The maximum atomic E-state index is 12.0. The minimum Gasteiger partial charge on any atom is -0.333 e. The lowest BCUT2D eigenvalue weighted by Gasteiger charge is -2.06. The molecule has 0 radical (unpaired) electrons. The molecule has 21 heavy (non-hydrogen) atoms. The van der Waals surface area contributed by atoms with Crippen molar-refractivity contribution in [3.05, 3.63) is 40.1 Å². The summed E-state index contributed by atoms with van der Waals surface area (Å²) in [6.07, 6.45) is 1.02. The second kappa shape index (κ2) is 6.19. The number of fused-ring (bicyclic) bond motifs is 1. The van der Waals surface area contributed by atoms with Gasteiger partial charge in [-0.2, -0.15) is 8.75 Å². The lowest BCUT2D eigenvalue weighted by molar-refractivity contribution is 0.252. The number of thiophene rings is 1. The molecule has 2 N–H and O–H groups in total. The number of urea groups is 1. The number of rotatable bonds is 4. The minimum atomic E-state index is -0.234. The monoisotopic (exact) mass is 318 g/mol. The van der Waals surface area contributed by atoms with Crippen molar-refractivity contribution in [3.63, 3.8) is 0 Å². The Bertz CT molecular complexity index is 765. The summed E-state index contributed by atoms with van der Waals surface area (Å²) >= 11 is 2.86. The largest absolute Gasteiger partial charge is 0.333 e. The van der Waals surface area contributed by atoms with Gasteiger partial charge < -0.3 is 10.6 Å². The van der Waals surface area contributed by atoms with Crippen molar-refractivity contribution in [2.24, 2.45) is 0 Å². The van der Waals surface area contributed by atoms with Crippen LogP contribution in [0.25, 0.3) is 11.0 Å². The van der Waals surface area contributed by atoms with Gasteiger partial charge in [0.05, 0.1) is 24.0 Å². The number of aryl methyl sites for hydroxylation is 1. The normalized spacial score (nSPS) is 10.7. The molecular formula is C14H14N4OS2. The van der Waals surface area contributed by atoms with Gasteiger partial charge in [-0.15, -0.1) is 11.3 Å². The van der Waals surface area contributed by atoms with E-state index in [1.165, 1.54) is 4.88 Å². The van der Waals surface area contributed by atoms with Crippen LogP contribution in [0.5, 0.6) is 0 Å². The molecule has 0 fully saturated rings. The molecule has 0 aliphatic rings. The molecule has 0 saturated carbocycles. The third-order valence-corrected chi connectivity index (χ3v) is 4.80. The first-order valence-corrected chi connectivity index (χ1v) is 8.14. The molecule has 0 bridgehead atoms. The van der Waals surface area contributed by atoms with Crippen LogP contribution >= 0.6 is 23.1 Å². The third-order valence-electron chi connectivity index (χ3n) is 3.02. The minimum absolute atomic E-state index is 0.234.